The zero-order valence-electron chi connectivity index (χ0n) is 37.4. The maximum Gasteiger partial charge on any atom is 0.335 e. The Morgan fingerprint density at radius 2 is 1.00 bits per heavy atom. The highest BCUT2D eigenvalue weighted by Crippen LogP contribution is 2.29. The first-order chi connectivity index (χ1) is 29.7. The van der Waals surface area contributed by atoms with E-state index in [4.69, 9.17) is 21.1 Å². The number of benzene rings is 6. The van der Waals surface area contributed by atoms with Crippen LogP contribution >= 0.6 is 64.2 Å². The van der Waals surface area contributed by atoms with Gasteiger partial charge in [-0.05, 0) is 108 Å². The Kier molecular flexibility index (Phi) is 27.3. The van der Waals surface area contributed by atoms with Crippen molar-refractivity contribution in [1.29, 1.82) is 0 Å². The molecule has 16 heteroatoms. The summed E-state index contributed by atoms with van der Waals surface area (Å²) in [7, 11) is 0. The number of nitrogens with one attached hydrogen (secondary N) is 3. The molecule has 6 aromatic carbocycles. The van der Waals surface area contributed by atoms with Crippen LogP contribution in [0.4, 0.5) is 11.4 Å². The molecule has 0 unspecified atom stereocenters. The van der Waals surface area contributed by atoms with E-state index in [2.05, 4.69) is 125 Å². The number of amides is 1. The second-order valence-corrected chi connectivity index (χ2v) is 15.7. The molecule has 0 aliphatic carbocycles. The van der Waals surface area contributed by atoms with Gasteiger partial charge >= 0.3 is 5.97 Å². The van der Waals surface area contributed by atoms with E-state index in [0.717, 1.165) is 50.4 Å². The van der Waals surface area contributed by atoms with E-state index in [1.54, 1.807) is 12.1 Å². The number of carbonyl (C=O) groups is 2. The monoisotopic (exact) mass is 1000 g/mol. The standard InChI is InChI=1S/C25H29N3O2.C23H24N2O2.C2H7NO.3ClH.2H2S/c1-18(23-8-4-6-19-5-2-3-7-24(19)23)27-21-13-15-28(17-21)22-11-9-20(10-12-22)25(30)26-14-16-29;1-16(21-8-4-6-17-5-2-3-7-22(17)21)24-19-13-14-25(15-19)20-11-9-18(10-12-20)23(26)27;3-1-2-4;;;;;/h2-12,18,21,27,29H,13-17H2,1H3,(H,26,30);2-12,16,19,24H,13-15H2,1H3,(H,26,27);4H,1-3H2;3*1H;2*1H2/t18-,21+;16-,19+;;;;;;/m11....../s1. The molecule has 6 aromatic rings. The number of aliphatic hydroxyl groups excluding tert-OH is 2. The lowest BCUT2D eigenvalue weighted by Crippen LogP contribution is -2.34. The number of rotatable bonds is 13. The Morgan fingerprint density at radius 3 is 1.39 bits per heavy atom. The molecule has 0 bridgehead atoms. The molecule has 2 aliphatic heterocycles. The summed E-state index contributed by atoms with van der Waals surface area (Å²) in [6, 6.07) is 46.3. The number of anilines is 2. The Labute approximate surface area is 422 Å². The molecular weight excluding hydrogens is 935 g/mol. The molecule has 66 heavy (non-hydrogen) atoms. The molecule has 0 radical (unpaired) electrons. The van der Waals surface area contributed by atoms with Gasteiger partial charge in [-0.25, -0.2) is 4.79 Å². The highest BCUT2D eigenvalue weighted by Gasteiger charge is 2.26. The lowest BCUT2D eigenvalue weighted by Gasteiger charge is -2.23. The van der Waals surface area contributed by atoms with Crippen molar-refractivity contribution >= 4 is 109 Å². The van der Waals surface area contributed by atoms with Gasteiger partial charge in [0.05, 0.1) is 18.8 Å². The number of hydrogen-bond acceptors (Lipinski definition) is 9. The van der Waals surface area contributed by atoms with Crippen molar-refractivity contribution in [1.82, 2.24) is 16.0 Å². The smallest absolute Gasteiger partial charge is 0.335 e. The SMILES string of the molecule is C[C@@H](N[C@H]1CCN(c2ccc(C(=O)NCCO)cc2)C1)c1cccc2ccccc12.C[C@@H](N[C@H]1CCN(c2ccc(C(=O)O)cc2)C1)c1cccc2ccccc12.Cl.Cl.Cl.NCCO.S.S. The van der Waals surface area contributed by atoms with Gasteiger partial charge in [-0.3, -0.25) is 4.79 Å². The molecule has 2 fully saturated rings. The minimum absolute atomic E-state index is 0. The van der Waals surface area contributed by atoms with Gasteiger partial charge in [0.25, 0.3) is 5.91 Å². The van der Waals surface area contributed by atoms with Gasteiger partial charge in [0.15, 0.2) is 0 Å². The summed E-state index contributed by atoms with van der Waals surface area (Å²) in [5, 5.41) is 41.1. The number of aliphatic hydroxyl groups is 2. The van der Waals surface area contributed by atoms with Crippen LogP contribution in [0, 0.1) is 0 Å². The normalized spacial score (nSPS) is 15.7. The van der Waals surface area contributed by atoms with E-state index in [1.807, 2.05) is 36.4 Å². The molecule has 11 nitrogen and oxygen atoms in total. The minimum Gasteiger partial charge on any atom is -0.478 e. The lowest BCUT2D eigenvalue weighted by molar-refractivity contribution is 0.0696. The van der Waals surface area contributed by atoms with Gasteiger partial charge in [0, 0.05) is 80.4 Å². The number of nitrogens with two attached hydrogens (primary N) is 1. The minimum atomic E-state index is -0.883. The molecule has 8 N–H and O–H groups in total. The van der Waals surface area contributed by atoms with Crippen LogP contribution in [0.25, 0.3) is 21.5 Å². The van der Waals surface area contributed by atoms with Crippen molar-refractivity contribution in [3.8, 4) is 0 Å². The van der Waals surface area contributed by atoms with Crippen LogP contribution in [0.2, 0.25) is 0 Å². The predicted octanol–water partition coefficient (Wildman–Crippen LogP) is 8.39. The molecule has 2 saturated heterocycles. The van der Waals surface area contributed by atoms with Crippen LogP contribution in [0.5, 0.6) is 0 Å². The number of halogens is 3. The van der Waals surface area contributed by atoms with Crippen molar-refractivity contribution in [3.05, 3.63) is 156 Å². The van der Waals surface area contributed by atoms with Crippen LogP contribution in [0.1, 0.15) is 70.6 Å². The highest BCUT2D eigenvalue weighted by molar-refractivity contribution is 7.59. The fraction of sp³-hybridized carbons (Fsp3) is 0.320. The van der Waals surface area contributed by atoms with Gasteiger partial charge in [-0.1, -0.05) is 84.9 Å². The van der Waals surface area contributed by atoms with Crippen LogP contribution in [-0.4, -0.2) is 91.8 Å². The number of hydrogen-bond donors (Lipinski definition) is 7. The zero-order chi connectivity index (χ0) is 43.1. The number of fused-ring (bicyclic) bond motifs is 2. The van der Waals surface area contributed by atoms with E-state index in [-0.39, 0.29) is 102 Å². The third-order valence-electron chi connectivity index (χ3n) is 11.4. The second kappa shape index (κ2) is 30.2. The molecule has 1 amide bonds. The first-order valence-electron chi connectivity index (χ1n) is 21.3. The second-order valence-electron chi connectivity index (χ2n) is 15.7. The van der Waals surface area contributed by atoms with E-state index < -0.39 is 5.97 Å². The molecule has 0 aromatic heterocycles. The third-order valence-corrected chi connectivity index (χ3v) is 11.4. The average molecular weight is 1000 g/mol. The first kappa shape index (κ1) is 59.8. The summed E-state index contributed by atoms with van der Waals surface area (Å²) in [5.74, 6) is -1.04. The molecule has 2 heterocycles. The van der Waals surface area contributed by atoms with Crippen LogP contribution in [0.3, 0.4) is 0 Å². The van der Waals surface area contributed by atoms with Gasteiger partial charge in [-0.2, -0.15) is 27.0 Å². The summed E-state index contributed by atoms with van der Waals surface area (Å²) in [4.78, 5) is 27.7. The summed E-state index contributed by atoms with van der Waals surface area (Å²) in [6.07, 6.45) is 2.17. The third kappa shape index (κ3) is 16.2. The Balaban J connectivity index is 0.000000572. The van der Waals surface area contributed by atoms with Gasteiger partial charge in [-0.15, -0.1) is 37.2 Å². The van der Waals surface area contributed by atoms with Crippen molar-refractivity contribution < 1.29 is 24.9 Å². The quantitative estimate of drug-likeness (QED) is 0.0599. The number of aromatic carboxylic acids is 1. The van der Waals surface area contributed by atoms with Crippen molar-refractivity contribution in [2.45, 2.75) is 50.9 Å². The fourth-order valence-electron chi connectivity index (χ4n) is 8.31. The van der Waals surface area contributed by atoms with Crippen molar-refractivity contribution in [3.63, 3.8) is 0 Å². The summed E-state index contributed by atoms with van der Waals surface area (Å²) < 4.78 is 0. The van der Waals surface area contributed by atoms with Gasteiger partial charge < -0.3 is 46.8 Å². The van der Waals surface area contributed by atoms with Gasteiger partial charge in [0.1, 0.15) is 0 Å². The Bertz CT molecular complexity index is 2340. The number of nitrogens with zero attached hydrogens (tertiary/aromatic N) is 2. The van der Waals surface area contributed by atoms with Crippen LogP contribution in [0.15, 0.2) is 133 Å². The van der Waals surface area contributed by atoms with E-state index in [0.29, 0.717) is 29.8 Å². The Morgan fingerprint density at radius 1 is 0.606 bits per heavy atom. The number of carboxylic acids is 1. The topological polar surface area (TPSA) is 163 Å². The van der Waals surface area contributed by atoms with Crippen LogP contribution < -0.4 is 31.5 Å². The van der Waals surface area contributed by atoms with E-state index in [9.17, 15) is 9.59 Å². The van der Waals surface area contributed by atoms with E-state index >= 15 is 0 Å². The molecular formula is C50H67Cl3N6O5S2. The predicted molar refractivity (Wildman–Crippen MR) is 290 cm³/mol. The zero-order valence-corrected chi connectivity index (χ0v) is 41.9. The fourth-order valence-corrected chi connectivity index (χ4v) is 8.31. The molecule has 0 spiro atoms. The summed E-state index contributed by atoms with van der Waals surface area (Å²) in [6.45, 7) is 9.02. The largest absolute Gasteiger partial charge is 0.478 e. The van der Waals surface area contributed by atoms with Crippen molar-refractivity contribution in [2.24, 2.45) is 5.73 Å². The number of carbonyl (C=O) groups excluding carboxylic acids is 1. The summed E-state index contributed by atoms with van der Waals surface area (Å²) in [5.41, 5.74) is 10.6. The number of carboxylic acid groups (broad SMARTS) is 1. The van der Waals surface area contributed by atoms with Crippen LogP contribution in [-0.2, 0) is 0 Å². The van der Waals surface area contributed by atoms with Crippen molar-refractivity contribution in [2.75, 3.05) is 62.3 Å². The first-order valence-corrected chi connectivity index (χ1v) is 21.3. The maximum atomic E-state index is 12.0. The molecule has 2 aliphatic rings. The average Bonchev–Trinajstić information content (AvgIpc) is 3.98. The lowest BCUT2D eigenvalue weighted by atomic mass is 9.99. The Hall–Kier alpha value is -4.25. The maximum absolute atomic E-state index is 12.0. The molecule has 360 valence electrons. The molecule has 0 saturated carbocycles. The van der Waals surface area contributed by atoms with E-state index in [1.165, 1.54) is 32.7 Å². The molecule has 8 rings (SSSR count). The summed E-state index contributed by atoms with van der Waals surface area (Å²) >= 11 is 0. The highest BCUT2D eigenvalue weighted by atomic mass is 35.5. The molecule has 4 atom stereocenters. The van der Waals surface area contributed by atoms with Gasteiger partial charge in [0.2, 0.25) is 0 Å².